The Bertz CT molecular complexity index is 1720. The number of hydrogen-bond donors (Lipinski definition) is 5. The van der Waals surface area contributed by atoms with E-state index in [1.54, 1.807) is 17.1 Å². The Morgan fingerprint density at radius 3 is 2.51 bits per heavy atom. The van der Waals surface area contributed by atoms with E-state index < -0.39 is 24.2 Å². The first-order valence-corrected chi connectivity index (χ1v) is 15.4. The van der Waals surface area contributed by atoms with Gasteiger partial charge in [0.15, 0.2) is 0 Å². The average molecular weight is 599 g/mol. The Morgan fingerprint density at radius 1 is 1.02 bits per heavy atom. The summed E-state index contributed by atoms with van der Waals surface area (Å²) in [5.74, 6) is 1.06. The quantitative estimate of drug-likeness (QED) is 0.169. The van der Waals surface area contributed by atoms with Gasteiger partial charge in [-0.2, -0.15) is 10.1 Å². The maximum atomic E-state index is 10.8. The number of nitrogens with zero attached hydrogens (tertiary/aromatic N) is 6. The van der Waals surface area contributed by atoms with E-state index in [2.05, 4.69) is 45.0 Å². The highest BCUT2D eigenvalue weighted by atomic mass is 32.1. The van der Waals surface area contributed by atoms with Gasteiger partial charge in [0.1, 0.15) is 22.4 Å². The molecule has 2 fully saturated rings. The van der Waals surface area contributed by atoms with Crippen LogP contribution in [0, 0.1) is 18.8 Å². The van der Waals surface area contributed by atoms with Crippen LogP contribution in [-0.4, -0.2) is 69.9 Å². The molecule has 2 aliphatic rings. The molecule has 0 saturated heterocycles. The van der Waals surface area contributed by atoms with Crippen LogP contribution in [0.25, 0.3) is 31.9 Å². The van der Waals surface area contributed by atoms with Crippen molar-refractivity contribution in [2.75, 3.05) is 17.2 Å². The number of hydrogen-bond acceptors (Lipinski definition) is 11. The van der Waals surface area contributed by atoms with Crippen LogP contribution in [0.5, 0.6) is 0 Å². The van der Waals surface area contributed by atoms with Crippen LogP contribution >= 0.6 is 11.3 Å². The summed E-state index contributed by atoms with van der Waals surface area (Å²) in [5.41, 5.74) is 5.61. The fourth-order valence-corrected chi connectivity index (χ4v) is 7.03. The molecule has 2 aliphatic carbocycles. The lowest BCUT2D eigenvalue weighted by atomic mass is 9.99. The minimum Gasteiger partial charge on any atom is -0.396 e. The first kappa shape index (κ1) is 27.8. The largest absolute Gasteiger partial charge is 0.396 e. The van der Waals surface area contributed by atoms with Crippen molar-refractivity contribution in [2.24, 2.45) is 18.9 Å². The second-order valence-electron chi connectivity index (χ2n) is 11.6. The first-order chi connectivity index (χ1) is 20.9. The number of aryl methyl sites for hydroxylation is 2. The summed E-state index contributed by atoms with van der Waals surface area (Å²) in [4.78, 5) is 18.9. The van der Waals surface area contributed by atoms with Crippen LogP contribution in [-0.2, 0) is 7.05 Å². The summed E-state index contributed by atoms with van der Waals surface area (Å²) in [6, 6.07) is 10.0. The summed E-state index contributed by atoms with van der Waals surface area (Å²) >= 11 is 1.53. The average Bonchev–Trinajstić information content (AvgIpc) is 3.51. The summed E-state index contributed by atoms with van der Waals surface area (Å²) in [6.45, 7) is 1.73. The Morgan fingerprint density at radius 2 is 1.84 bits per heavy atom. The lowest BCUT2D eigenvalue weighted by Crippen LogP contribution is -2.35. The molecule has 0 spiro atoms. The molecule has 12 heteroatoms. The van der Waals surface area contributed by atoms with Crippen LogP contribution in [0.3, 0.4) is 0 Å². The van der Waals surface area contributed by atoms with Crippen LogP contribution in [0.2, 0.25) is 0 Å². The molecular formula is C31H34N8O3S. The monoisotopic (exact) mass is 598 g/mol. The maximum Gasteiger partial charge on any atom is 0.225 e. The van der Waals surface area contributed by atoms with Crippen LogP contribution in [0.4, 0.5) is 11.8 Å². The van der Waals surface area contributed by atoms with Crippen LogP contribution < -0.4 is 10.6 Å². The standard InChI is InChI=1S/C31H34N8O3S/c1-16-25(30-36-23-13-32-10-9-24(23)43-30)29(35-22-11-20(15-40)27(41)28(22)42)38-31(34-16)37-26(19-7-8-19)18-5-3-17(4-6-18)21-12-33-39(2)14-21/h3-6,9-10,12-14,19-20,22,26-28,40-42H,7-8,11,15H2,1-2H3,(H2,34,35,37,38)/t20-,22-,26+,27-,28+/m1/s1. The Hall–Kier alpha value is -3.97. The highest BCUT2D eigenvalue weighted by molar-refractivity contribution is 7.21. The number of aliphatic hydroxyl groups is 3. The lowest BCUT2D eigenvalue weighted by molar-refractivity contribution is 0.00446. The molecule has 5 aromatic rings. The fourth-order valence-electron chi connectivity index (χ4n) is 6.00. The zero-order chi connectivity index (χ0) is 29.7. The highest BCUT2D eigenvalue weighted by Crippen LogP contribution is 2.44. The van der Waals surface area contributed by atoms with Gasteiger partial charge in [0.2, 0.25) is 5.95 Å². The molecule has 5 N–H and O–H groups in total. The minimum absolute atomic E-state index is 0.0345. The Labute approximate surface area is 252 Å². The van der Waals surface area contributed by atoms with E-state index in [0.717, 1.165) is 56.0 Å². The lowest BCUT2D eigenvalue weighted by Gasteiger charge is -2.23. The van der Waals surface area contributed by atoms with Gasteiger partial charge in [-0.05, 0) is 49.3 Å². The summed E-state index contributed by atoms with van der Waals surface area (Å²) in [6.07, 6.45) is 7.93. The number of fused-ring (bicyclic) bond motifs is 1. The van der Waals surface area contributed by atoms with Crippen molar-refractivity contribution in [1.82, 2.24) is 29.7 Å². The van der Waals surface area contributed by atoms with Crippen molar-refractivity contribution >= 4 is 33.3 Å². The normalized spacial score (nSPS) is 22.6. The molecule has 222 valence electrons. The summed E-state index contributed by atoms with van der Waals surface area (Å²) in [5, 5.41) is 43.1. The summed E-state index contributed by atoms with van der Waals surface area (Å²) < 4.78 is 2.80. The molecule has 1 aromatic carbocycles. The van der Waals surface area contributed by atoms with Crippen molar-refractivity contribution in [1.29, 1.82) is 0 Å². The van der Waals surface area contributed by atoms with E-state index in [1.165, 1.54) is 11.3 Å². The first-order valence-electron chi connectivity index (χ1n) is 14.6. The second-order valence-corrected chi connectivity index (χ2v) is 12.6. The number of aromatic nitrogens is 6. The summed E-state index contributed by atoms with van der Waals surface area (Å²) in [7, 11) is 1.91. The van der Waals surface area contributed by atoms with E-state index in [0.29, 0.717) is 24.1 Å². The van der Waals surface area contributed by atoms with Crippen LogP contribution in [0.1, 0.15) is 36.6 Å². The van der Waals surface area contributed by atoms with E-state index in [-0.39, 0.29) is 12.6 Å². The number of aliphatic hydroxyl groups excluding tert-OH is 3. The molecular weight excluding hydrogens is 564 g/mol. The Kier molecular flexibility index (Phi) is 7.29. The molecule has 7 rings (SSSR count). The smallest absolute Gasteiger partial charge is 0.225 e. The van der Waals surface area contributed by atoms with E-state index in [4.69, 9.17) is 15.0 Å². The van der Waals surface area contributed by atoms with Gasteiger partial charge in [0.05, 0.1) is 46.5 Å². The maximum absolute atomic E-state index is 10.8. The van der Waals surface area contributed by atoms with Gasteiger partial charge in [-0.1, -0.05) is 24.3 Å². The number of benzene rings is 1. The molecule has 0 aliphatic heterocycles. The van der Waals surface area contributed by atoms with E-state index in [1.807, 2.05) is 32.4 Å². The van der Waals surface area contributed by atoms with Crippen molar-refractivity contribution < 1.29 is 15.3 Å². The molecule has 43 heavy (non-hydrogen) atoms. The van der Waals surface area contributed by atoms with Crippen LogP contribution in [0.15, 0.2) is 55.1 Å². The molecule has 5 atom stereocenters. The zero-order valence-electron chi connectivity index (χ0n) is 23.9. The molecule has 0 unspecified atom stereocenters. The SMILES string of the molecule is Cc1nc(N[C@@H](c2ccc(-c3cnn(C)c3)cc2)C2CC2)nc(N[C@@H]2C[C@H](CO)[C@@H](O)[C@H]2O)c1-c1nc2cnccc2s1. The van der Waals surface area contributed by atoms with Crippen molar-refractivity contribution in [3.05, 3.63) is 66.4 Å². The second kappa shape index (κ2) is 11.3. The number of rotatable bonds is 9. The van der Waals surface area contributed by atoms with Crippen molar-refractivity contribution in [3.8, 4) is 21.7 Å². The van der Waals surface area contributed by atoms with E-state index >= 15 is 0 Å². The van der Waals surface area contributed by atoms with Gasteiger partial charge in [0, 0.05) is 37.5 Å². The highest BCUT2D eigenvalue weighted by Gasteiger charge is 2.42. The van der Waals surface area contributed by atoms with Gasteiger partial charge >= 0.3 is 0 Å². The fraction of sp³-hybridized carbons (Fsp3) is 0.387. The number of anilines is 2. The topological polar surface area (TPSA) is 154 Å². The van der Waals surface area contributed by atoms with Gasteiger partial charge in [0.25, 0.3) is 0 Å². The molecule has 0 radical (unpaired) electrons. The Balaban J connectivity index is 1.23. The van der Waals surface area contributed by atoms with Crippen molar-refractivity contribution in [2.45, 2.75) is 50.5 Å². The third kappa shape index (κ3) is 5.47. The number of nitrogens with one attached hydrogen (secondary N) is 2. The predicted octanol–water partition coefficient (Wildman–Crippen LogP) is 3.93. The molecule has 0 amide bonds. The molecule has 11 nitrogen and oxygen atoms in total. The van der Waals surface area contributed by atoms with Gasteiger partial charge in [-0.15, -0.1) is 11.3 Å². The third-order valence-electron chi connectivity index (χ3n) is 8.54. The van der Waals surface area contributed by atoms with E-state index in [9.17, 15) is 15.3 Å². The van der Waals surface area contributed by atoms with Gasteiger partial charge < -0.3 is 26.0 Å². The molecule has 4 aromatic heterocycles. The number of pyridine rings is 1. The minimum atomic E-state index is -1.05. The van der Waals surface area contributed by atoms with Gasteiger partial charge in [-0.25, -0.2) is 9.97 Å². The van der Waals surface area contributed by atoms with Crippen molar-refractivity contribution in [3.63, 3.8) is 0 Å². The third-order valence-corrected chi connectivity index (χ3v) is 9.59. The predicted molar refractivity (Wildman–Crippen MR) is 166 cm³/mol. The zero-order valence-corrected chi connectivity index (χ0v) is 24.7. The molecule has 4 heterocycles. The molecule has 2 saturated carbocycles. The molecule has 0 bridgehead atoms. The van der Waals surface area contributed by atoms with Gasteiger partial charge in [-0.3, -0.25) is 9.67 Å². The number of thiazole rings is 1.